The number of halogens is 11. The van der Waals surface area contributed by atoms with Crippen LogP contribution in [0.2, 0.25) is 0 Å². The predicted octanol–water partition coefficient (Wildman–Crippen LogP) is 5.37. The lowest BCUT2D eigenvalue weighted by molar-refractivity contribution is -0.153. The van der Waals surface area contributed by atoms with Crippen LogP contribution in [-0.4, -0.2) is 34.2 Å². The van der Waals surface area contributed by atoms with Crippen molar-refractivity contribution in [3.05, 3.63) is 75.6 Å². The van der Waals surface area contributed by atoms with Gasteiger partial charge in [0, 0.05) is 29.2 Å². The average molecular weight is 511 g/mol. The summed E-state index contributed by atoms with van der Waals surface area (Å²) in [5, 5.41) is 16.1. The second kappa shape index (κ2) is 11.2. The van der Waals surface area contributed by atoms with E-state index in [4.69, 9.17) is 10.2 Å². The maximum Gasteiger partial charge on any atom is 0.416 e. The predicted molar refractivity (Wildman–Crippen MR) is 95.5 cm³/mol. The molecule has 0 atom stereocenters. The molecule has 0 amide bonds. The van der Waals surface area contributed by atoms with E-state index in [2.05, 4.69) is 4.98 Å². The van der Waals surface area contributed by atoms with Gasteiger partial charge in [-0.1, -0.05) is 0 Å². The molecule has 4 nitrogen and oxygen atoms in total. The van der Waals surface area contributed by atoms with Crippen LogP contribution in [-0.2, 0) is 6.18 Å². The van der Waals surface area contributed by atoms with E-state index in [1.807, 2.05) is 0 Å². The standard InChI is InChI=1S/C10H6F3NO.C6H2F4O.C3H4F4O/c11-10(12,13)6-1-2-7-8(5-6)14-4-3-9(7)15;7-2-1-3(8)5(10)6(11)4(2)9;4-2(5)3(6,7)1-8/h1-5H,(H,14,15);1,11H;2,8H,1H2. The van der Waals surface area contributed by atoms with Crippen LogP contribution in [0.1, 0.15) is 5.56 Å². The van der Waals surface area contributed by atoms with Crippen molar-refractivity contribution in [3.8, 4) is 5.75 Å². The van der Waals surface area contributed by atoms with E-state index in [-0.39, 0.29) is 22.4 Å². The highest BCUT2D eigenvalue weighted by Crippen LogP contribution is 2.30. The normalized spacial score (nSPS) is 11.6. The molecule has 3 aromatic rings. The van der Waals surface area contributed by atoms with Crippen molar-refractivity contribution in [1.29, 1.82) is 0 Å². The Morgan fingerprint density at radius 3 is 1.82 bits per heavy atom. The molecule has 0 saturated heterocycles. The van der Waals surface area contributed by atoms with Gasteiger partial charge in [0.05, 0.1) is 5.56 Å². The third-order valence-electron chi connectivity index (χ3n) is 3.70. The van der Waals surface area contributed by atoms with Crippen molar-refractivity contribution in [1.82, 2.24) is 4.98 Å². The third kappa shape index (κ3) is 7.33. The topological polar surface area (TPSA) is 73.3 Å². The third-order valence-corrected chi connectivity index (χ3v) is 3.70. The Balaban J connectivity index is 0.000000270. The largest absolute Gasteiger partial charge is 0.503 e. The summed E-state index contributed by atoms with van der Waals surface area (Å²) < 4.78 is 130. The second-order valence-corrected chi connectivity index (χ2v) is 6.14. The summed E-state index contributed by atoms with van der Waals surface area (Å²) in [6.07, 6.45) is -6.83. The highest BCUT2D eigenvalue weighted by atomic mass is 19.4. The van der Waals surface area contributed by atoms with Crippen LogP contribution in [0.5, 0.6) is 5.75 Å². The maximum atomic E-state index is 12.3. The van der Waals surface area contributed by atoms with Gasteiger partial charge in [0.15, 0.2) is 22.8 Å². The second-order valence-electron chi connectivity index (χ2n) is 6.14. The van der Waals surface area contributed by atoms with E-state index in [9.17, 15) is 53.1 Å². The maximum absolute atomic E-state index is 12.3. The van der Waals surface area contributed by atoms with Gasteiger partial charge in [-0.3, -0.25) is 4.79 Å². The SMILES string of the molecule is O=c1cc[nH]c2cc(C(F)(F)F)ccc12.OCC(F)(F)C(F)F.Oc1c(F)c(F)cc(F)c1F. The van der Waals surface area contributed by atoms with Gasteiger partial charge in [-0.15, -0.1) is 0 Å². The van der Waals surface area contributed by atoms with Crippen molar-refractivity contribution < 1.29 is 58.5 Å². The number of hydrogen-bond donors (Lipinski definition) is 3. The van der Waals surface area contributed by atoms with E-state index in [1.54, 1.807) is 0 Å². The minimum absolute atomic E-state index is 0.0182. The zero-order valence-corrected chi connectivity index (χ0v) is 16.2. The fraction of sp³-hybridized carbons (Fsp3) is 0.211. The Morgan fingerprint density at radius 2 is 1.41 bits per heavy atom. The summed E-state index contributed by atoms with van der Waals surface area (Å²) >= 11 is 0. The van der Waals surface area contributed by atoms with Crippen LogP contribution in [0.3, 0.4) is 0 Å². The first-order chi connectivity index (χ1) is 15.5. The van der Waals surface area contributed by atoms with E-state index in [0.29, 0.717) is 0 Å². The number of nitrogens with one attached hydrogen (secondary N) is 1. The number of rotatable bonds is 2. The first-order valence-electron chi connectivity index (χ1n) is 8.50. The zero-order valence-electron chi connectivity index (χ0n) is 16.2. The Morgan fingerprint density at radius 1 is 0.882 bits per heavy atom. The number of phenols is 1. The molecule has 0 radical (unpaired) electrons. The number of alkyl halides is 7. The Labute approximate surface area is 181 Å². The van der Waals surface area contributed by atoms with Gasteiger partial charge in [0.25, 0.3) is 0 Å². The Bertz CT molecular complexity index is 1150. The van der Waals surface area contributed by atoms with Crippen LogP contribution < -0.4 is 5.43 Å². The van der Waals surface area contributed by atoms with Gasteiger partial charge in [0.1, 0.15) is 6.61 Å². The van der Waals surface area contributed by atoms with E-state index in [0.717, 1.165) is 12.1 Å². The van der Waals surface area contributed by atoms with Crippen molar-refractivity contribution >= 4 is 10.9 Å². The molecule has 1 aromatic heterocycles. The molecule has 0 fully saturated rings. The minimum Gasteiger partial charge on any atom is -0.503 e. The molecule has 0 bridgehead atoms. The van der Waals surface area contributed by atoms with Gasteiger partial charge in [-0.25, -0.2) is 17.6 Å². The summed E-state index contributed by atoms with van der Waals surface area (Å²) in [6.45, 7) is -1.80. The van der Waals surface area contributed by atoms with Crippen LogP contribution in [0.15, 0.2) is 41.3 Å². The smallest absolute Gasteiger partial charge is 0.416 e. The van der Waals surface area contributed by atoms with E-state index in [1.165, 1.54) is 18.3 Å². The first kappa shape index (κ1) is 28.7. The number of fused-ring (bicyclic) bond motifs is 1. The molecule has 0 aliphatic carbocycles. The number of pyridine rings is 1. The number of aliphatic hydroxyl groups excluding tert-OH is 1. The van der Waals surface area contributed by atoms with Gasteiger partial charge in [-0.05, 0) is 18.2 Å². The monoisotopic (exact) mass is 511 g/mol. The molecule has 0 aliphatic heterocycles. The molecule has 0 spiro atoms. The molecule has 2 aromatic carbocycles. The van der Waals surface area contributed by atoms with Gasteiger partial charge in [-0.2, -0.15) is 30.7 Å². The van der Waals surface area contributed by atoms with Gasteiger partial charge < -0.3 is 15.2 Å². The number of H-pyrrole nitrogens is 1. The molecule has 0 saturated carbocycles. The van der Waals surface area contributed by atoms with Gasteiger partial charge in [0.2, 0.25) is 11.6 Å². The fourth-order valence-electron chi connectivity index (χ4n) is 1.98. The molecule has 15 heteroatoms. The lowest BCUT2D eigenvalue weighted by Crippen LogP contribution is -2.30. The van der Waals surface area contributed by atoms with E-state index >= 15 is 0 Å². The van der Waals surface area contributed by atoms with E-state index < -0.39 is 59.7 Å². The summed E-state index contributed by atoms with van der Waals surface area (Å²) in [6, 6.07) is 4.30. The summed E-state index contributed by atoms with van der Waals surface area (Å²) in [5.74, 6) is -12.7. The van der Waals surface area contributed by atoms with Crippen molar-refractivity contribution in [3.63, 3.8) is 0 Å². The first-order valence-corrected chi connectivity index (χ1v) is 8.50. The van der Waals surface area contributed by atoms with Crippen molar-refractivity contribution in [2.75, 3.05) is 6.61 Å². The zero-order chi connectivity index (χ0) is 26.4. The number of aromatic nitrogens is 1. The molecular formula is C19H12F11NO3. The number of hydrogen-bond acceptors (Lipinski definition) is 3. The lowest BCUT2D eigenvalue weighted by atomic mass is 10.1. The Hall–Kier alpha value is -3.36. The quantitative estimate of drug-likeness (QED) is 0.320. The summed E-state index contributed by atoms with van der Waals surface area (Å²) in [7, 11) is 0. The summed E-state index contributed by atoms with van der Waals surface area (Å²) in [5.41, 5.74) is -0.869. The highest BCUT2D eigenvalue weighted by Gasteiger charge is 2.39. The van der Waals surface area contributed by atoms with Crippen LogP contribution in [0, 0.1) is 23.3 Å². The molecule has 3 rings (SSSR count). The fourth-order valence-corrected chi connectivity index (χ4v) is 1.98. The number of phenolic OH excluding ortho intramolecular Hbond substituents is 1. The molecule has 3 N–H and O–H groups in total. The Kier molecular flexibility index (Phi) is 9.43. The molecule has 0 aliphatic rings. The van der Waals surface area contributed by atoms with Crippen molar-refractivity contribution in [2.45, 2.75) is 18.5 Å². The number of benzene rings is 2. The number of aromatic hydroxyl groups is 1. The summed E-state index contributed by atoms with van der Waals surface area (Å²) in [4.78, 5) is 13.8. The number of aromatic amines is 1. The molecule has 0 unspecified atom stereocenters. The van der Waals surface area contributed by atoms with Crippen molar-refractivity contribution in [2.24, 2.45) is 0 Å². The highest BCUT2D eigenvalue weighted by molar-refractivity contribution is 5.78. The van der Waals surface area contributed by atoms with Crippen LogP contribution in [0.4, 0.5) is 48.3 Å². The van der Waals surface area contributed by atoms with Crippen LogP contribution >= 0.6 is 0 Å². The number of aliphatic hydroxyl groups is 1. The average Bonchev–Trinajstić information content (AvgIpc) is 2.76. The van der Waals surface area contributed by atoms with Gasteiger partial charge >= 0.3 is 18.5 Å². The molecule has 34 heavy (non-hydrogen) atoms. The van der Waals surface area contributed by atoms with Crippen LogP contribution in [0.25, 0.3) is 10.9 Å². The minimum atomic E-state index is -4.39. The lowest BCUT2D eigenvalue weighted by Gasteiger charge is -2.09. The molecule has 188 valence electrons. The molecule has 1 heterocycles. The molecular weight excluding hydrogens is 499 g/mol.